The molecule has 8 heteroatoms. The van der Waals surface area contributed by atoms with Gasteiger partial charge in [-0.3, -0.25) is 0 Å². The molecule has 0 atom stereocenters. The third-order valence-electron chi connectivity index (χ3n) is 6.78. The van der Waals surface area contributed by atoms with E-state index in [1.54, 1.807) is 12.1 Å². The number of hydrogen-bond acceptors (Lipinski definition) is 6. The molecule has 0 fully saturated rings. The topological polar surface area (TPSA) is 86.2 Å². The zero-order chi connectivity index (χ0) is 26.0. The Balaban J connectivity index is 0.00000277. The number of aromatic hydroxyl groups is 1. The van der Waals surface area contributed by atoms with Gasteiger partial charge in [-0.05, 0) is 46.7 Å². The van der Waals surface area contributed by atoms with Gasteiger partial charge in [-0.2, -0.15) is 6.07 Å². The van der Waals surface area contributed by atoms with E-state index in [0.29, 0.717) is 33.8 Å². The van der Waals surface area contributed by atoms with Crippen molar-refractivity contribution in [1.29, 1.82) is 0 Å². The normalized spacial score (nSPS) is 11.9. The van der Waals surface area contributed by atoms with Crippen LogP contribution in [-0.4, -0.2) is 24.6 Å². The molecule has 0 amide bonds. The molecule has 0 saturated carbocycles. The van der Waals surface area contributed by atoms with E-state index >= 15 is 0 Å². The Morgan fingerprint density at radius 1 is 0.923 bits per heavy atom. The summed E-state index contributed by atoms with van der Waals surface area (Å²) in [6.45, 7) is 6.58. The summed E-state index contributed by atoms with van der Waals surface area (Å²) in [5, 5.41) is 13.0. The van der Waals surface area contributed by atoms with Gasteiger partial charge in [0.1, 0.15) is 22.5 Å². The molecule has 0 aliphatic carbocycles. The van der Waals surface area contributed by atoms with E-state index in [1.165, 1.54) is 17.8 Å². The van der Waals surface area contributed by atoms with E-state index in [4.69, 9.17) is 14.1 Å². The van der Waals surface area contributed by atoms with Crippen molar-refractivity contribution in [2.24, 2.45) is 0 Å². The Morgan fingerprint density at radius 3 is 2.59 bits per heavy atom. The standard InChI is InChI=1S/C31H23N4O3.Pt/c1-31(2,3)18-12-14-32-26(16-18)35-22-7-5-4-6-20(22)21-9-8-19(17-23(21)35)37-27-11-10-25-29(34-27)28-24(36)13-15-33-30(28)38-25;/h4-16H,1-3H3,(H,33,36);/q-1;. The van der Waals surface area contributed by atoms with E-state index in [0.717, 1.165) is 27.6 Å². The van der Waals surface area contributed by atoms with Crippen LogP contribution in [-0.2, 0) is 26.5 Å². The van der Waals surface area contributed by atoms with Crippen LogP contribution in [0.1, 0.15) is 26.3 Å². The van der Waals surface area contributed by atoms with E-state index < -0.39 is 0 Å². The van der Waals surface area contributed by atoms with Crippen molar-refractivity contribution in [2.75, 3.05) is 0 Å². The van der Waals surface area contributed by atoms with Crippen LogP contribution in [0.2, 0.25) is 0 Å². The molecule has 196 valence electrons. The second kappa shape index (κ2) is 9.21. The van der Waals surface area contributed by atoms with Gasteiger partial charge >= 0.3 is 0 Å². The fraction of sp³-hybridized carbons (Fsp3) is 0.129. The minimum atomic E-state index is -0.0139. The van der Waals surface area contributed by atoms with Gasteiger partial charge in [-0.15, -0.1) is 17.5 Å². The molecule has 0 aliphatic rings. The first-order valence-electron chi connectivity index (χ1n) is 12.3. The number of rotatable bonds is 3. The van der Waals surface area contributed by atoms with Gasteiger partial charge in [0, 0.05) is 50.8 Å². The van der Waals surface area contributed by atoms with Crippen LogP contribution < -0.4 is 4.74 Å². The molecule has 0 unspecified atom stereocenters. The fourth-order valence-electron chi connectivity index (χ4n) is 4.88. The van der Waals surface area contributed by atoms with Gasteiger partial charge in [0.15, 0.2) is 5.58 Å². The van der Waals surface area contributed by atoms with Gasteiger partial charge in [-0.1, -0.05) is 44.5 Å². The molecule has 7 rings (SSSR count). The van der Waals surface area contributed by atoms with E-state index in [2.05, 4.69) is 65.6 Å². The average Bonchev–Trinajstić information content (AvgIpc) is 3.44. The third-order valence-corrected chi connectivity index (χ3v) is 6.78. The zero-order valence-corrected chi connectivity index (χ0v) is 23.6. The van der Waals surface area contributed by atoms with Crippen molar-refractivity contribution in [3.8, 4) is 23.2 Å². The van der Waals surface area contributed by atoms with E-state index in [1.807, 2.05) is 30.5 Å². The SMILES string of the molecule is CC(C)(C)c1ccnc(-n2c3[c-]c(Oc4ccc5oc6nccc(O)c6c5n4)ccc3c3ccccc32)c1.[Pt]. The van der Waals surface area contributed by atoms with E-state index in [9.17, 15) is 5.11 Å². The maximum absolute atomic E-state index is 10.3. The van der Waals surface area contributed by atoms with Crippen molar-refractivity contribution in [3.05, 3.63) is 90.8 Å². The van der Waals surface area contributed by atoms with Crippen molar-refractivity contribution in [3.63, 3.8) is 0 Å². The molecule has 0 spiro atoms. The zero-order valence-electron chi connectivity index (χ0n) is 21.4. The molecular weight excluding hydrogens is 671 g/mol. The maximum Gasteiger partial charge on any atom is 0.232 e. The van der Waals surface area contributed by atoms with Crippen LogP contribution in [0.4, 0.5) is 0 Å². The summed E-state index contributed by atoms with van der Waals surface area (Å²) in [6, 6.07) is 24.8. The second-order valence-corrected chi connectivity index (χ2v) is 10.3. The number of aromatic nitrogens is 4. The summed E-state index contributed by atoms with van der Waals surface area (Å²) in [4.78, 5) is 13.5. The number of fused-ring (bicyclic) bond motifs is 6. The second-order valence-electron chi connectivity index (χ2n) is 10.3. The summed E-state index contributed by atoms with van der Waals surface area (Å²) in [5.41, 5.74) is 4.42. The Hall–Kier alpha value is -4.22. The number of hydrogen-bond donors (Lipinski definition) is 1. The Morgan fingerprint density at radius 2 is 1.74 bits per heavy atom. The van der Waals surface area contributed by atoms with Crippen LogP contribution in [0, 0.1) is 6.07 Å². The largest absolute Gasteiger partial charge is 0.507 e. The Bertz CT molecular complexity index is 2020. The van der Waals surface area contributed by atoms with Crippen molar-refractivity contribution in [1.82, 2.24) is 19.5 Å². The van der Waals surface area contributed by atoms with E-state index in [-0.39, 0.29) is 32.2 Å². The number of para-hydroxylation sites is 1. The minimum absolute atomic E-state index is 0. The Labute approximate surface area is 238 Å². The first-order chi connectivity index (χ1) is 18.4. The molecule has 0 radical (unpaired) electrons. The predicted molar refractivity (Wildman–Crippen MR) is 147 cm³/mol. The molecule has 39 heavy (non-hydrogen) atoms. The van der Waals surface area contributed by atoms with Crippen molar-refractivity contribution >= 4 is 44.0 Å². The molecule has 7 aromatic rings. The van der Waals surface area contributed by atoms with Crippen molar-refractivity contribution < 1.29 is 35.3 Å². The first kappa shape index (κ1) is 25.1. The third kappa shape index (κ3) is 4.14. The minimum Gasteiger partial charge on any atom is -0.507 e. The van der Waals surface area contributed by atoms with Gasteiger partial charge in [0.05, 0.1) is 0 Å². The van der Waals surface area contributed by atoms with Crippen LogP contribution >= 0.6 is 0 Å². The quantitative estimate of drug-likeness (QED) is 0.193. The molecule has 2 aromatic carbocycles. The summed E-state index contributed by atoms with van der Waals surface area (Å²) >= 11 is 0. The number of pyridine rings is 3. The molecule has 5 heterocycles. The molecular formula is C31H23N4O3Pt-. The number of benzene rings is 2. The predicted octanol–water partition coefficient (Wildman–Crippen LogP) is 7.46. The van der Waals surface area contributed by atoms with Gasteiger partial charge < -0.3 is 18.8 Å². The van der Waals surface area contributed by atoms with Crippen molar-refractivity contribution in [2.45, 2.75) is 26.2 Å². The Kier molecular flexibility index (Phi) is 5.92. The smallest absolute Gasteiger partial charge is 0.232 e. The molecule has 1 N–H and O–H groups in total. The fourth-order valence-corrected chi connectivity index (χ4v) is 4.88. The van der Waals surface area contributed by atoms with Gasteiger partial charge in [0.2, 0.25) is 11.6 Å². The maximum atomic E-state index is 10.3. The van der Waals surface area contributed by atoms with Crippen LogP contribution in [0.3, 0.4) is 0 Å². The molecule has 0 aliphatic heterocycles. The first-order valence-corrected chi connectivity index (χ1v) is 12.3. The summed E-state index contributed by atoms with van der Waals surface area (Å²) < 4.78 is 14.0. The summed E-state index contributed by atoms with van der Waals surface area (Å²) in [7, 11) is 0. The molecule has 0 bridgehead atoms. The van der Waals surface area contributed by atoms with Gasteiger partial charge in [-0.25, -0.2) is 15.0 Å². The van der Waals surface area contributed by atoms with Crippen LogP contribution in [0.5, 0.6) is 17.4 Å². The summed E-state index contributed by atoms with van der Waals surface area (Å²) in [5.74, 6) is 1.75. The molecule has 5 aromatic heterocycles. The summed E-state index contributed by atoms with van der Waals surface area (Å²) in [6.07, 6.45) is 3.35. The number of nitrogens with zero attached hydrogens (tertiary/aromatic N) is 4. The monoisotopic (exact) mass is 694 g/mol. The van der Waals surface area contributed by atoms with Crippen LogP contribution in [0.15, 0.2) is 83.5 Å². The van der Waals surface area contributed by atoms with Gasteiger partial charge in [0.25, 0.3) is 0 Å². The van der Waals surface area contributed by atoms with Crippen LogP contribution in [0.25, 0.3) is 49.8 Å². The molecule has 0 saturated heterocycles. The average molecular weight is 695 g/mol. The number of furan rings is 1. The number of ether oxygens (including phenoxy) is 1. The molecule has 7 nitrogen and oxygen atoms in total.